The van der Waals surface area contributed by atoms with Crippen LogP contribution >= 0.6 is 0 Å². The van der Waals surface area contributed by atoms with Gasteiger partial charge >= 0.3 is 6.03 Å². The van der Waals surface area contributed by atoms with E-state index >= 15 is 0 Å². The number of carbonyl (C=O) groups is 2. The Hall–Kier alpha value is -3.61. The largest absolute Gasteiger partial charge is 0.366 e. The molecule has 0 spiro atoms. The number of pyridine rings is 1. The molecule has 7 heteroatoms. The molecule has 0 unspecified atom stereocenters. The van der Waals surface area contributed by atoms with E-state index in [0.717, 1.165) is 29.3 Å². The van der Waals surface area contributed by atoms with E-state index in [2.05, 4.69) is 20.9 Å². The first-order chi connectivity index (χ1) is 13.6. The molecule has 1 heterocycles. The van der Waals surface area contributed by atoms with Crippen molar-refractivity contribution in [2.75, 3.05) is 10.6 Å². The van der Waals surface area contributed by atoms with E-state index in [0.29, 0.717) is 29.7 Å². The van der Waals surface area contributed by atoms with E-state index < -0.39 is 6.03 Å². The number of rotatable bonds is 6. The number of fused-ring (bicyclic) bond motifs is 1. The number of hydrogen-bond acceptors (Lipinski definition) is 4. The average Bonchev–Trinajstić information content (AvgIpc) is 3.50. The van der Waals surface area contributed by atoms with Gasteiger partial charge in [0.15, 0.2) is 0 Å². The molecular weight excluding hydrogens is 354 g/mol. The number of carbonyl (C=O) groups excluding carboxylic acids is 2. The SMILES string of the molecule is NC(=O)Nc1ccc(CNc2cc(C(=O)NC3CC3)c3ccccc3n2)cc1. The van der Waals surface area contributed by atoms with Gasteiger partial charge in [0.25, 0.3) is 5.91 Å². The van der Waals surface area contributed by atoms with Gasteiger partial charge in [-0.3, -0.25) is 4.79 Å². The second-order valence-corrected chi connectivity index (χ2v) is 6.86. The Morgan fingerprint density at radius 1 is 1.07 bits per heavy atom. The lowest BCUT2D eigenvalue weighted by molar-refractivity contribution is 0.0952. The van der Waals surface area contributed by atoms with Gasteiger partial charge in [-0.1, -0.05) is 30.3 Å². The highest BCUT2D eigenvalue weighted by Gasteiger charge is 2.25. The number of nitrogens with one attached hydrogen (secondary N) is 3. The van der Waals surface area contributed by atoms with E-state index in [9.17, 15) is 9.59 Å². The normalized spacial score (nSPS) is 13.1. The fourth-order valence-corrected chi connectivity index (χ4v) is 2.99. The first kappa shape index (κ1) is 17.8. The summed E-state index contributed by atoms with van der Waals surface area (Å²) >= 11 is 0. The summed E-state index contributed by atoms with van der Waals surface area (Å²) in [6.45, 7) is 0.534. The molecule has 0 saturated heterocycles. The van der Waals surface area contributed by atoms with Crippen molar-refractivity contribution < 1.29 is 9.59 Å². The Labute approximate surface area is 162 Å². The lowest BCUT2D eigenvalue weighted by Gasteiger charge is -2.12. The molecule has 0 radical (unpaired) electrons. The molecule has 1 aliphatic carbocycles. The Morgan fingerprint density at radius 2 is 1.82 bits per heavy atom. The molecular formula is C21H21N5O2. The summed E-state index contributed by atoms with van der Waals surface area (Å²) in [6.07, 6.45) is 2.08. The van der Waals surface area contributed by atoms with Crippen LogP contribution in [0.2, 0.25) is 0 Å². The molecule has 28 heavy (non-hydrogen) atoms. The van der Waals surface area contributed by atoms with Gasteiger partial charge in [-0.05, 0) is 42.7 Å². The molecule has 3 amide bonds. The summed E-state index contributed by atoms with van der Waals surface area (Å²) in [4.78, 5) is 28.2. The summed E-state index contributed by atoms with van der Waals surface area (Å²) in [5.74, 6) is 0.574. The molecule has 3 aromatic rings. The molecule has 1 saturated carbocycles. The van der Waals surface area contributed by atoms with Crippen molar-refractivity contribution in [1.82, 2.24) is 10.3 Å². The predicted octanol–water partition coefficient (Wildman–Crippen LogP) is 3.23. The smallest absolute Gasteiger partial charge is 0.316 e. The maximum absolute atomic E-state index is 12.6. The Morgan fingerprint density at radius 3 is 2.54 bits per heavy atom. The van der Waals surface area contributed by atoms with Crippen molar-refractivity contribution in [3.63, 3.8) is 0 Å². The van der Waals surface area contributed by atoms with Crippen LogP contribution in [0.4, 0.5) is 16.3 Å². The highest BCUT2D eigenvalue weighted by atomic mass is 16.2. The van der Waals surface area contributed by atoms with Crippen LogP contribution in [-0.4, -0.2) is 23.0 Å². The zero-order valence-corrected chi connectivity index (χ0v) is 15.2. The number of hydrogen-bond donors (Lipinski definition) is 4. The molecule has 142 valence electrons. The van der Waals surface area contributed by atoms with Crippen molar-refractivity contribution in [2.24, 2.45) is 5.73 Å². The van der Waals surface area contributed by atoms with E-state index in [1.807, 2.05) is 36.4 Å². The fourth-order valence-electron chi connectivity index (χ4n) is 2.99. The maximum atomic E-state index is 12.6. The number of urea groups is 1. The molecule has 5 N–H and O–H groups in total. The van der Waals surface area contributed by atoms with E-state index in [1.54, 1.807) is 18.2 Å². The molecule has 0 bridgehead atoms. The lowest BCUT2D eigenvalue weighted by Crippen LogP contribution is -2.25. The zero-order chi connectivity index (χ0) is 19.5. The minimum atomic E-state index is -0.594. The molecule has 2 aromatic carbocycles. The first-order valence-corrected chi connectivity index (χ1v) is 9.18. The lowest BCUT2D eigenvalue weighted by atomic mass is 10.1. The number of nitrogens with two attached hydrogens (primary N) is 1. The molecule has 4 rings (SSSR count). The highest BCUT2D eigenvalue weighted by molar-refractivity contribution is 6.07. The summed E-state index contributed by atoms with van der Waals surface area (Å²) in [5.41, 5.74) is 8.16. The topological polar surface area (TPSA) is 109 Å². The third-order valence-corrected chi connectivity index (χ3v) is 4.57. The quantitative estimate of drug-likeness (QED) is 0.530. The Kier molecular flexibility index (Phi) is 4.80. The fraction of sp³-hybridized carbons (Fsp3) is 0.190. The Bertz CT molecular complexity index is 1030. The number of primary amides is 1. The van der Waals surface area contributed by atoms with Crippen LogP contribution in [0.1, 0.15) is 28.8 Å². The van der Waals surface area contributed by atoms with E-state index in [4.69, 9.17) is 5.73 Å². The molecule has 1 fully saturated rings. The summed E-state index contributed by atoms with van der Waals surface area (Å²) in [7, 11) is 0. The number of amides is 3. The van der Waals surface area contributed by atoms with Crippen molar-refractivity contribution in [3.05, 3.63) is 65.7 Å². The molecule has 1 aromatic heterocycles. The van der Waals surface area contributed by atoms with Gasteiger partial charge in [-0.25, -0.2) is 9.78 Å². The van der Waals surface area contributed by atoms with Crippen molar-refractivity contribution in [2.45, 2.75) is 25.4 Å². The number of para-hydroxylation sites is 1. The zero-order valence-electron chi connectivity index (χ0n) is 15.2. The summed E-state index contributed by atoms with van der Waals surface area (Å²) in [5, 5.41) is 9.69. The first-order valence-electron chi connectivity index (χ1n) is 9.18. The molecule has 7 nitrogen and oxygen atoms in total. The van der Waals surface area contributed by atoms with Gasteiger partial charge in [0.05, 0.1) is 11.1 Å². The van der Waals surface area contributed by atoms with Crippen LogP contribution < -0.4 is 21.7 Å². The second kappa shape index (κ2) is 7.56. The van der Waals surface area contributed by atoms with Crippen LogP contribution in [-0.2, 0) is 6.54 Å². The van der Waals surface area contributed by atoms with Gasteiger partial charge in [0.2, 0.25) is 0 Å². The minimum Gasteiger partial charge on any atom is -0.366 e. The van der Waals surface area contributed by atoms with Crippen molar-refractivity contribution in [3.8, 4) is 0 Å². The third-order valence-electron chi connectivity index (χ3n) is 4.57. The van der Waals surface area contributed by atoms with Gasteiger partial charge in [0.1, 0.15) is 5.82 Å². The van der Waals surface area contributed by atoms with Crippen LogP contribution in [0, 0.1) is 0 Å². The summed E-state index contributed by atoms with van der Waals surface area (Å²) in [6, 6.07) is 16.5. The van der Waals surface area contributed by atoms with Crippen LogP contribution in [0.15, 0.2) is 54.6 Å². The third kappa shape index (κ3) is 4.20. The number of aromatic nitrogens is 1. The molecule has 0 atom stereocenters. The molecule has 0 aliphatic heterocycles. The van der Waals surface area contributed by atoms with E-state index in [1.165, 1.54) is 0 Å². The maximum Gasteiger partial charge on any atom is 0.316 e. The van der Waals surface area contributed by atoms with Gasteiger partial charge in [-0.2, -0.15) is 0 Å². The average molecular weight is 375 g/mol. The summed E-state index contributed by atoms with van der Waals surface area (Å²) < 4.78 is 0. The van der Waals surface area contributed by atoms with Crippen LogP contribution in [0.5, 0.6) is 0 Å². The Balaban J connectivity index is 1.53. The van der Waals surface area contributed by atoms with Gasteiger partial charge < -0.3 is 21.7 Å². The highest BCUT2D eigenvalue weighted by Crippen LogP contribution is 2.24. The minimum absolute atomic E-state index is 0.0639. The predicted molar refractivity (Wildman–Crippen MR) is 109 cm³/mol. The van der Waals surface area contributed by atoms with Crippen molar-refractivity contribution >= 4 is 34.3 Å². The van der Waals surface area contributed by atoms with Crippen LogP contribution in [0.3, 0.4) is 0 Å². The second-order valence-electron chi connectivity index (χ2n) is 6.86. The molecule has 1 aliphatic rings. The standard InChI is InChI=1S/C21H21N5O2/c22-21(28)25-15-7-5-13(6-8-15)12-23-19-11-17(20(27)24-14-9-10-14)16-3-1-2-4-18(16)26-19/h1-8,11,14H,9-10,12H2,(H,23,26)(H,24,27)(H3,22,25,28). The van der Waals surface area contributed by atoms with Gasteiger partial charge in [0, 0.05) is 23.7 Å². The number of anilines is 2. The van der Waals surface area contributed by atoms with Crippen LogP contribution in [0.25, 0.3) is 10.9 Å². The number of benzene rings is 2. The van der Waals surface area contributed by atoms with Gasteiger partial charge in [-0.15, -0.1) is 0 Å². The van der Waals surface area contributed by atoms with Crippen molar-refractivity contribution in [1.29, 1.82) is 0 Å². The monoisotopic (exact) mass is 375 g/mol. The number of nitrogens with zero attached hydrogens (tertiary/aromatic N) is 1. The van der Waals surface area contributed by atoms with E-state index in [-0.39, 0.29) is 5.91 Å².